The number of aryl methyl sites for hydroxylation is 2. The van der Waals surface area contributed by atoms with Crippen molar-refractivity contribution in [3.8, 4) is 0 Å². The van der Waals surface area contributed by atoms with Gasteiger partial charge in [-0.05, 0) is 26.7 Å². The average molecular weight is 209 g/mol. The zero-order chi connectivity index (χ0) is 11.4. The van der Waals surface area contributed by atoms with Crippen molar-refractivity contribution < 1.29 is 4.79 Å². The molecule has 2 N–H and O–H groups in total. The second-order valence-corrected chi connectivity index (χ2v) is 3.80. The van der Waals surface area contributed by atoms with E-state index >= 15 is 0 Å². The molecule has 0 atom stereocenters. The SMILES string of the molecule is CCC(CC)NC(=O)c1c(C)n[nH]c1C. The van der Waals surface area contributed by atoms with Gasteiger partial charge in [-0.25, -0.2) is 0 Å². The lowest BCUT2D eigenvalue weighted by Gasteiger charge is -2.14. The number of hydrogen-bond acceptors (Lipinski definition) is 2. The minimum atomic E-state index is -0.0209. The third-order valence-electron chi connectivity index (χ3n) is 2.68. The monoisotopic (exact) mass is 209 g/mol. The van der Waals surface area contributed by atoms with Gasteiger partial charge < -0.3 is 5.32 Å². The molecule has 1 heterocycles. The Morgan fingerprint density at radius 3 is 2.40 bits per heavy atom. The molecule has 0 aliphatic carbocycles. The van der Waals surface area contributed by atoms with Crippen molar-refractivity contribution in [2.45, 2.75) is 46.6 Å². The Kier molecular flexibility index (Phi) is 3.88. The Bertz CT molecular complexity index is 320. The van der Waals surface area contributed by atoms with Crippen LogP contribution in [0.5, 0.6) is 0 Å². The van der Waals surface area contributed by atoms with Crippen LogP contribution in [-0.4, -0.2) is 22.1 Å². The molecule has 15 heavy (non-hydrogen) atoms. The minimum absolute atomic E-state index is 0.0209. The number of aromatic nitrogens is 2. The maximum atomic E-state index is 11.9. The minimum Gasteiger partial charge on any atom is -0.349 e. The van der Waals surface area contributed by atoms with Crippen molar-refractivity contribution in [1.29, 1.82) is 0 Å². The van der Waals surface area contributed by atoms with E-state index in [9.17, 15) is 4.79 Å². The highest BCUT2D eigenvalue weighted by atomic mass is 16.1. The molecule has 4 heteroatoms. The van der Waals surface area contributed by atoms with Gasteiger partial charge >= 0.3 is 0 Å². The van der Waals surface area contributed by atoms with Crippen LogP contribution in [0.25, 0.3) is 0 Å². The first-order valence-electron chi connectivity index (χ1n) is 5.42. The molecule has 1 aromatic rings. The maximum Gasteiger partial charge on any atom is 0.255 e. The zero-order valence-corrected chi connectivity index (χ0v) is 9.85. The molecule has 1 rings (SSSR count). The van der Waals surface area contributed by atoms with Gasteiger partial charge in [0, 0.05) is 11.7 Å². The van der Waals surface area contributed by atoms with E-state index in [4.69, 9.17) is 0 Å². The number of carbonyl (C=O) groups is 1. The summed E-state index contributed by atoms with van der Waals surface area (Å²) in [5, 5.41) is 9.83. The van der Waals surface area contributed by atoms with Gasteiger partial charge in [-0.2, -0.15) is 5.10 Å². The van der Waals surface area contributed by atoms with Gasteiger partial charge in [-0.15, -0.1) is 0 Å². The average Bonchev–Trinajstić information content (AvgIpc) is 2.55. The molecule has 0 unspecified atom stereocenters. The van der Waals surface area contributed by atoms with Crippen LogP contribution in [0.1, 0.15) is 48.4 Å². The summed E-state index contributed by atoms with van der Waals surface area (Å²) in [6.07, 6.45) is 1.91. The van der Waals surface area contributed by atoms with E-state index in [2.05, 4.69) is 29.4 Å². The predicted octanol–water partition coefficient (Wildman–Crippen LogP) is 1.94. The number of amides is 1. The van der Waals surface area contributed by atoms with Gasteiger partial charge in [0.05, 0.1) is 11.3 Å². The van der Waals surface area contributed by atoms with Crippen LogP contribution in [0.15, 0.2) is 0 Å². The molecule has 0 saturated heterocycles. The maximum absolute atomic E-state index is 11.9. The number of H-pyrrole nitrogens is 1. The first-order valence-corrected chi connectivity index (χ1v) is 5.42. The first kappa shape index (κ1) is 11.8. The Hall–Kier alpha value is -1.32. The molecule has 84 valence electrons. The second kappa shape index (κ2) is 4.96. The van der Waals surface area contributed by atoms with E-state index in [-0.39, 0.29) is 11.9 Å². The lowest BCUT2D eigenvalue weighted by molar-refractivity contribution is 0.0933. The van der Waals surface area contributed by atoms with Crippen LogP contribution in [0.4, 0.5) is 0 Å². The van der Waals surface area contributed by atoms with Gasteiger partial charge in [-0.3, -0.25) is 9.89 Å². The molecule has 0 saturated carbocycles. The quantitative estimate of drug-likeness (QED) is 0.796. The van der Waals surface area contributed by atoms with Crippen LogP contribution in [0.2, 0.25) is 0 Å². The fourth-order valence-electron chi connectivity index (χ4n) is 1.64. The highest BCUT2D eigenvalue weighted by molar-refractivity contribution is 5.96. The third-order valence-corrected chi connectivity index (χ3v) is 2.68. The van der Waals surface area contributed by atoms with E-state index in [0.717, 1.165) is 24.2 Å². The van der Waals surface area contributed by atoms with Crippen LogP contribution in [0, 0.1) is 13.8 Å². The Balaban J connectivity index is 2.77. The lowest BCUT2D eigenvalue weighted by atomic mass is 10.1. The number of carbonyl (C=O) groups excluding carboxylic acids is 1. The van der Waals surface area contributed by atoms with E-state index < -0.39 is 0 Å². The topological polar surface area (TPSA) is 57.8 Å². The molecule has 0 aliphatic rings. The molecular weight excluding hydrogens is 190 g/mol. The van der Waals surface area contributed by atoms with Gasteiger partial charge in [0.2, 0.25) is 0 Å². The van der Waals surface area contributed by atoms with Gasteiger partial charge in [0.25, 0.3) is 5.91 Å². The molecule has 0 aromatic carbocycles. The molecule has 0 fully saturated rings. The molecular formula is C11H19N3O. The number of aromatic amines is 1. The van der Waals surface area contributed by atoms with Crippen molar-refractivity contribution in [3.63, 3.8) is 0 Å². The summed E-state index contributed by atoms with van der Waals surface area (Å²) >= 11 is 0. The Morgan fingerprint density at radius 2 is 2.00 bits per heavy atom. The van der Waals surface area contributed by atoms with E-state index in [0.29, 0.717) is 5.56 Å². The smallest absolute Gasteiger partial charge is 0.255 e. The van der Waals surface area contributed by atoms with Crippen molar-refractivity contribution in [1.82, 2.24) is 15.5 Å². The van der Waals surface area contributed by atoms with Crippen molar-refractivity contribution >= 4 is 5.91 Å². The largest absolute Gasteiger partial charge is 0.349 e. The number of nitrogens with zero attached hydrogens (tertiary/aromatic N) is 1. The molecule has 1 aromatic heterocycles. The molecule has 0 radical (unpaired) electrons. The first-order chi connectivity index (χ1) is 7.10. The number of hydrogen-bond donors (Lipinski definition) is 2. The summed E-state index contributed by atoms with van der Waals surface area (Å²) in [4.78, 5) is 11.9. The Morgan fingerprint density at radius 1 is 1.40 bits per heavy atom. The molecule has 1 amide bonds. The van der Waals surface area contributed by atoms with Crippen molar-refractivity contribution in [2.24, 2.45) is 0 Å². The summed E-state index contributed by atoms with van der Waals surface area (Å²) in [5.41, 5.74) is 2.27. The van der Waals surface area contributed by atoms with Gasteiger partial charge in [0.15, 0.2) is 0 Å². The van der Waals surface area contributed by atoms with Crippen LogP contribution in [-0.2, 0) is 0 Å². The third kappa shape index (κ3) is 2.58. The fourth-order valence-corrected chi connectivity index (χ4v) is 1.64. The zero-order valence-electron chi connectivity index (χ0n) is 9.85. The highest BCUT2D eigenvalue weighted by Crippen LogP contribution is 2.10. The molecule has 0 spiro atoms. The number of rotatable bonds is 4. The molecule has 0 aliphatic heterocycles. The Labute approximate surface area is 90.5 Å². The van der Waals surface area contributed by atoms with Crippen molar-refractivity contribution in [3.05, 3.63) is 17.0 Å². The summed E-state index contributed by atoms with van der Waals surface area (Å²) < 4.78 is 0. The van der Waals surface area contributed by atoms with Gasteiger partial charge in [-0.1, -0.05) is 13.8 Å². The summed E-state index contributed by atoms with van der Waals surface area (Å²) in [6, 6.07) is 0.256. The van der Waals surface area contributed by atoms with Crippen molar-refractivity contribution in [2.75, 3.05) is 0 Å². The van der Waals surface area contributed by atoms with Crippen LogP contribution < -0.4 is 5.32 Å². The fraction of sp³-hybridized carbons (Fsp3) is 0.636. The second-order valence-electron chi connectivity index (χ2n) is 3.80. The standard InChI is InChI=1S/C11H19N3O/c1-5-9(6-2)12-11(15)10-7(3)13-14-8(10)4/h9H,5-6H2,1-4H3,(H,12,15)(H,13,14). The summed E-state index contributed by atoms with van der Waals surface area (Å²) in [5.74, 6) is -0.0209. The predicted molar refractivity (Wildman–Crippen MR) is 59.9 cm³/mol. The van der Waals surface area contributed by atoms with E-state index in [1.807, 2.05) is 13.8 Å². The lowest BCUT2D eigenvalue weighted by Crippen LogP contribution is -2.34. The van der Waals surface area contributed by atoms with E-state index in [1.54, 1.807) is 0 Å². The summed E-state index contributed by atoms with van der Waals surface area (Å²) in [7, 11) is 0. The van der Waals surface area contributed by atoms with Crippen LogP contribution >= 0.6 is 0 Å². The molecule has 4 nitrogen and oxygen atoms in total. The normalized spacial score (nSPS) is 10.7. The van der Waals surface area contributed by atoms with Crippen LogP contribution in [0.3, 0.4) is 0 Å². The van der Waals surface area contributed by atoms with Gasteiger partial charge in [0.1, 0.15) is 0 Å². The molecule has 0 bridgehead atoms. The highest BCUT2D eigenvalue weighted by Gasteiger charge is 2.17. The number of nitrogens with one attached hydrogen (secondary N) is 2. The summed E-state index contributed by atoms with van der Waals surface area (Å²) in [6.45, 7) is 7.85. The van der Waals surface area contributed by atoms with E-state index in [1.165, 1.54) is 0 Å².